The topological polar surface area (TPSA) is 137 Å². The fourth-order valence-corrected chi connectivity index (χ4v) is 5.23. The van der Waals surface area contributed by atoms with Crippen molar-refractivity contribution in [3.8, 4) is 11.3 Å². The Balaban J connectivity index is 1.50. The predicted octanol–water partition coefficient (Wildman–Crippen LogP) is 5.62. The number of benzene rings is 2. The molecule has 5 rings (SSSR count). The maximum absolute atomic E-state index is 13.1. The molecule has 214 valence electrons. The monoisotopic (exact) mass is 556 g/mol. The van der Waals surface area contributed by atoms with E-state index in [1.807, 2.05) is 80.1 Å². The second-order valence-electron chi connectivity index (χ2n) is 11.4. The van der Waals surface area contributed by atoms with Crippen LogP contribution in [0, 0.1) is 5.92 Å². The molecule has 1 saturated heterocycles. The average Bonchev–Trinajstić information content (AvgIpc) is 3.31. The van der Waals surface area contributed by atoms with E-state index in [0.29, 0.717) is 23.6 Å². The van der Waals surface area contributed by atoms with Crippen molar-refractivity contribution in [3.63, 3.8) is 0 Å². The van der Waals surface area contributed by atoms with Crippen LogP contribution in [0.5, 0.6) is 0 Å². The highest BCUT2D eigenvalue weighted by atomic mass is 16.4. The number of carboxylic acid groups (broad SMARTS) is 1. The van der Waals surface area contributed by atoms with Gasteiger partial charge in [-0.25, -0.2) is 9.78 Å². The summed E-state index contributed by atoms with van der Waals surface area (Å²) in [6.07, 6.45) is 0.491. The highest BCUT2D eigenvalue weighted by molar-refractivity contribution is 5.98. The Morgan fingerprint density at radius 2 is 1.76 bits per heavy atom. The SMILES string of the molecule is CNc1nc(-c2ccc3c(NC(=O)O)nn(C(C)(C)C)c3c2)cc(N2C[C@@H](C(=O)Nc3ccccc3)CC[C@H]2C)n1. The number of aromatic nitrogens is 4. The van der Waals surface area contributed by atoms with Crippen LogP contribution in [-0.4, -0.2) is 56.5 Å². The van der Waals surface area contributed by atoms with Gasteiger partial charge in [0.15, 0.2) is 5.82 Å². The largest absolute Gasteiger partial charge is 0.465 e. The fourth-order valence-electron chi connectivity index (χ4n) is 5.23. The van der Waals surface area contributed by atoms with Crippen molar-refractivity contribution in [3.05, 3.63) is 54.6 Å². The number of hydrogen-bond donors (Lipinski definition) is 4. The van der Waals surface area contributed by atoms with Gasteiger partial charge in [0, 0.05) is 42.3 Å². The summed E-state index contributed by atoms with van der Waals surface area (Å²) in [5.74, 6) is 1.32. The summed E-state index contributed by atoms with van der Waals surface area (Å²) in [6, 6.07) is 17.4. The van der Waals surface area contributed by atoms with Crippen LogP contribution in [0.1, 0.15) is 40.5 Å². The van der Waals surface area contributed by atoms with Crippen molar-refractivity contribution in [1.29, 1.82) is 0 Å². The molecule has 1 aliphatic heterocycles. The number of anilines is 4. The van der Waals surface area contributed by atoms with E-state index in [1.54, 1.807) is 7.05 Å². The van der Waals surface area contributed by atoms with E-state index < -0.39 is 6.09 Å². The Kier molecular flexibility index (Phi) is 7.53. The molecule has 0 aliphatic carbocycles. The first-order chi connectivity index (χ1) is 19.5. The number of amides is 2. The molecule has 11 heteroatoms. The molecule has 2 amide bonds. The zero-order valence-electron chi connectivity index (χ0n) is 24.0. The van der Waals surface area contributed by atoms with Crippen molar-refractivity contribution in [2.24, 2.45) is 5.92 Å². The predicted molar refractivity (Wildman–Crippen MR) is 162 cm³/mol. The number of rotatable bonds is 6. The number of piperidine rings is 1. The highest BCUT2D eigenvalue weighted by Gasteiger charge is 2.31. The van der Waals surface area contributed by atoms with E-state index in [0.717, 1.165) is 35.4 Å². The molecule has 4 aromatic rings. The fraction of sp³-hybridized carbons (Fsp3) is 0.367. The molecule has 2 aromatic carbocycles. The van der Waals surface area contributed by atoms with E-state index in [1.165, 1.54) is 0 Å². The smallest absolute Gasteiger partial charge is 0.410 e. The Morgan fingerprint density at radius 1 is 1.00 bits per heavy atom. The Hall–Kier alpha value is -4.67. The first kappa shape index (κ1) is 27.9. The van der Waals surface area contributed by atoms with E-state index in [2.05, 4.69) is 32.9 Å². The highest BCUT2D eigenvalue weighted by Crippen LogP contribution is 2.34. The quantitative estimate of drug-likeness (QED) is 0.240. The van der Waals surface area contributed by atoms with E-state index in [-0.39, 0.29) is 29.2 Å². The van der Waals surface area contributed by atoms with E-state index in [4.69, 9.17) is 9.97 Å². The van der Waals surface area contributed by atoms with Crippen LogP contribution in [0.4, 0.5) is 28.1 Å². The minimum atomic E-state index is -1.17. The number of carbonyl (C=O) groups is 2. The van der Waals surface area contributed by atoms with Crippen LogP contribution in [0.25, 0.3) is 22.2 Å². The van der Waals surface area contributed by atoms with Gasteiger partial charge in [0.1, 0.15) is 5.82 Å². The van der Waals surface area contributed by atoms with Crippen LogP contribution in [0.3, 0.4) is 0 Å². The molecule has 4 N–H and O–H groups in total. The normalized spacial score (nSPS) is 17.3. The van der Waals surface area contributed by atoms with Gasteiger partial charge < -0.3 is 20.6 Å². The molecule has 0 bridgehead atoms. The van der Waals surface area contributed by atoms with Crippen molar-refractivity contribution < 1.29 is 14.7 Å². The summed E-state index contributed by atoms with van der Waals surface area (Å²) in [5.41, 5.74) is 2.73. The maximum atomic E-state index is 13.1. The summed E-state index contributed by atoms with van der Waals surface area (Å²) in [5, 5.41) is 23.1. The number of hydrogen-bond acceptors (Lipinski definition) is 7. The first-order valence-electron chi connectivity index (χ1n) is 13.8. The number of carbonyl (C=O) groups excluding carboxylic acids is 1. The molecule has 1 fully saturated rings. The van der Waals surface area contributed by atoms with Gasteiger partial charge in [-0.3, -0.25) is 14.8 Å². The van der Waals surface area contributed by atoms with Gasteiger partial charge in [0.05, 0.1) is 22.7 Å². The third kappa shape index (κ3) is 5.93. The summed E-state index contributed by atoms with van der Waals surface area (Å²) in [7, 11) is 1.78. The van der Waals surface area contributed by atoms with Crippen molar-refractivity contribution in [1.82, 2.24) is 19.7 Å². The zero-order chi connectivity index (χ0) is 29.3. The summed E-state index contributed by atoms with van der Waals surface area (Å²) in [6.45, 7) is 8.73. The second kappa shape index (κ2) is 11.1. The molecule has 0 spiro atoms. The molecule has 2 atom stereocenters. The van der Waals surface area contributed by atoms with E-state index in [9.17, 15) is 14.7 Å². The van der Waals surface area contributed by atoms with Crippen molar-refractivity contribution in [2.75, 3.05) is 34.4 Å². The summed E-state index contributed by atoms with van der Waals surface area (Å²) in [4.78, 5) is 36.2. The van der Waals surface area contributed by atoms with Crippen molar-refractivity contribution in [2.45, 2.75) is 52.1 Å². The zero-order valence-corrected chi connectivity index (χ0v) is 24.0. The first-order valence-corrected chi connectivity index (χ1v) is 13.8. The van der Waals surface area contributed by atoms with Crippen LogP contribution < -0.4 is 20.9 Å². The number of para-hydroxylation sites is 1. The maximum Gasteiger partial charge on any atom is 0.410 e. The molecule has 41 heavy (non-hydrogen) atoms. The van der Waals surface area contributed by atoms with Crippen LogP contribution in [-0.2, 0) is 10.3 Å². The lowest BCUT2D eigenvalue weighted by Gasteiger charge is -2.38. The van der Waals surface area contributed by atoms with Crippen LogP contribution in [0.2, 0.25) is 0 Å². The standard InChI is InChI=1S/C30H36N8O3/c1-18-11-12-20(27(39)32-21-9-7-6-8-10-21)17-37(18)25-16-23(33-28(31-5)34-25)19-13-14-22-24(15-19)38(30(2,3)4)36-26(22)35-29(40)41/h6-10,13-16,18,20H,11-12,17H2,1-5H3,(H,32,39)(H,35,36)(H,40,41)(H,31,33,34)/t18-,20+/m1/s1. The molecule has 0 radical (unpaired) electrons. The van der Waals surface area contributed by atoms with E-state index >= 15 is 0 Å². The van der Waals surface area contributed by atoms with Gasteiger partial charge in [-0.1, -0.05) is 24.3 Å². The van der Waals surface area contributed by atoms with Gasteiger partial charge in [0.2, 0.25) is 11.9 Å². The van der Waals surface area contributed by atoms with Gasteiger partial charge in [-0.05, 0) is 64.8 Å². The molecule has 1 aliphatic rings. The van der Waals surface area contributed by atoms with Crippen LogP contribution in [0.15, 0.2) is 54.6 Å². The lowest BCUT2D eigenvalue weighted by atomic mass is 9.92. The third-order valence-corrected chi connectivity index (χ3v) is 7.36. The Bertz CT molecular complexity index is 1580. The average molecular weight is 557 g/mol. The summed E-state index contributed by atoms with van der Waals surface area (Å²) >= 11 is 0. The number of nitrogens with zero attached hydrogens (tertiary/aromatic N) is 5. The molecule has 2 aromatic heterocycles. The minimum Gasteiger partial charge on any atom is -0.465 e. The molecule has 11 nitrogen and oxygen atoms in total. The molecule has 0 saturated carbocycles. The Labute approximate surface area is 239 Å². The second-order valence-corrected chi connectivity index (χ2v) is 11.4. The lowest BCUT2D eigenvalue weighted by molar-refractivity contribution is -0.120. The van der Waals surface area contributed by atoms with Crippen molar-refractivity contribution >= 4 is 46.2 Å². The Morgan fingerprint density at radius 3 is 2.44 bits per heavy atom. The molecule has 3 heterocycles. The minimum absolute atomic E-state index is 0.00267. The third-order valence-electron chi connectivity index (χ3n) is 7.36. The van der Waals surface area contributed by atoms with Gasteiger partial charge in [-0.15, -0.1) is 0 Å². The number of fused-ring (bicyclic) bond motifs is 1. The lowest BCUT2D eigenvalue weighted by Crippen LogP contribution is -2.46. The van der Waals surface area contributed by atoms with Gasteiger partial charge >= 0.3 is 6.09 Å². The molecule has 0 unspecified atom stereocenters. The molecular weight excluding hydrogens is 520 g/mol. The van der Waals surface area contributed by atoms with Crippen LogP contribution >= 0.6 is 0 Å². The number of nitrogens with one attached hydrogen (secondary N) is 3. The van der Waals surface area contributed by atoms with Gasteiger partial charge in [-0.2, -0.15) is 10.1 Å². The summed E-state index contributed by atoms with van der Waals surface area (Å²) < 4.78 is 1.82. The molecular formula is C30H36N8O3. The van der Waals surface area contributed by atoms with Gasteiger partial charge in [0.25, 0.3) is 0 Å².